The highest BCUT2D eigenvalue weighted by Gasteiger charge is 2.38. The van der Waals surface area contributed by atoms with Crippen LogP contribution >= 0.6 is 0 Å². The molecule has 184 valence electrons. The average molecular weight is 489 g/mol. The number of hydrogen-bond donors (Lipinski definition) is 5. The Labute approximate surface area is 203 Å². The van der Waals surface area contributed by atoms with Gasteiger partial charge in [-0.2, -0.15) is 9.97 Å². The van der Waals surface area contributed by atoms with Crippen LogP contribution in [0.25, 0.3) is 44.8 Å². The van der Waals surface area contributed by atoms with E-state index in [1.165, 1.54) is 0 Å². The van der Waals surface area contributed by atoms with Gasteiger partial charge in [0.25, 0.3) is 5.56 Å². The molecule has 13 nitrogen and oxygen atoms in total. The largest absolute Gasteiger partial charge is 0.394 e. The van der Waals surface area contributed by atoms with Crippen LogP contribution in [0, 0.1) is 0 Å². The lowest BCUT2D eigenvalue weighted by Crippen LogP contribution is -2.24. The smallest absolute Gasteiger partial charge is 0.280 e. The van der Waals surface area contributed by atoms with E-state index in [4.69, 9.17) is 21.2 Å². The fraction of sp³-hybridized carbons (Fsp3) is 0.261. The summed E-state index contributed by atoms with van der Waals surface area (Å²) >= 11 is 0. The van der Waals surface area contributed by atoms with Gasteiger partial charge in [-0.05, 0) is 5.56 Å². The number of ether oxygens (including phenoxy) is 1. The van der Waals surface area contributed by atoms with Gasteiger partial charge in [-0.1, -0.05) is 30.3 Å². The van der Waals surface area contributed by atoms with Crippen molar-refractivity contribution in [3.63, 3.8) is 0 Å². The molecule has 7 N–H and O–H groups in total. The fourth-order valence-corrected chi connectivity index (χ4v) is 4.74. The standard InChI is InChI=1S/C23H23N9O4/c1-31-17-15(11(10-5-3-2-4-6-10)8-26-18(17)28-23(31)25)19-27-16-20(29-22(24)30-21(16)35)32(19)14-7-12(34)13(9-33)36-14/h2-6,8,12-14,33-34H,7,9H2,1H3,(H2,25,26,28)(H3,24,29,30,35)/t12-,13+,14+/m0/s1. The number of aromatic nitrogens is 7. The first-order valence-electron chi connectivity index (χ1n) is 11.3. The second-order valence-electron chi connectivity index (χ2n) is 8.66. The van der Waals surface area contributed by atoms with Crippen LogP contribution in [0.2, 0.25) is 0 Å². The summed E-state index contributed by atoms with van der Waals surface area (Å²) in [6.07, 6.45) is -0.708. The number of benzene rings is 1. The van der Waals surface area contributed by atoms with Gasteiger partial charge in [-0.3, -0.25) is 14.3 Å². The van der Waals surface area contributed by atoms with Crippen molar-refractivity contribution in [2.75, 3.05) is 18.1 Å². The molecular formula is C23H23N9O4. The van der Waals surface area contributed by atoms with Crippen LogP contribution in [-0.4, -0.2) is 63.1 Å². The Morgan fingerprint density at radius 1 is 1.19 bits per heavy atom. The third-order valence-corrected chi connectivity index (χ3v) is 6.48. The van der Waals surface area contributed by atoms with E-state index < -0.39 is 24.0 Å². The highest BCUT2D eigenvalue weighted by atomic mass is 16.5. The monoisotopic (exact) mass is 489 g/mol. The summed E-state index contributed by atoms with van der Waals surface area (Å²) in [5.41, 5.74) is 14.9. The molecular weight excluding hydrogens is 466 g/mol. The van der Waals surface area contributed by atoms with E-state index in [0.29, 0.717) is 28.1 Å². The van der Waals surface area contributed by atoms with Gasteiger partial charge in [0.1, 0.15) is 23.7 Å². The Bertz CT molecular complexity index is 1670. The maximum absolute atomic E-state index is 12.9. The molecule has 4 aromatic heterocycles. The predicted octanol–water partition coefficient (Wildman–Crippen LogP) is 0.540. The first kappa shape index (κ1) is 22.2. The van der Waals surface area contributed by atoms with Gasteiger partial charge in [0.15, 0.2) is 16.8 Å². The van der Waals surface area contributed by atoms with Crippen molar-refractivity contribution in [2.45, 2.75) is 24.9 Å². The second kappa shape index (κ2) is 8.12. The molecule has 6 rings (SSSR count). The molecule has 0 spiro atoms. The minimum atomic E-state index is -0.928. The number of aliphatic hydroxyl groups excluding tert-OH is 2. The number of aliphatic hydroxyl groups is 2. The van der Waals surface area contributed by atoms with Crippen LogP contribution in [0.1, 0.15) is 12.6 Å². The zero-order valence-electron chi connectivity index (χ0n) is 19.2. The number of nitrogens with one attached hydrogen (secondary N) is 1. The Morgan fingerprint density at radius 3 is 2.69 bits per heavy atom. The van der Waals surface area contributed by atoms with E-state index in [0.717, 1.165) is 5.56 Å². The Hall–Kier alpha value is -4.33. The topological polar surface area (TPSA) is 196 Å². The number of anilines is 2. The lowest BCUT2D eigenvalue weighted by molar-refractivity contribution is -0.0426. The minimum Gasteiger partial charge on any atom is -0.394 e. The van der Waals surface area contributed by atoms with Gasteiger partial charge >= 0.3 is 0 Å². The lowest BCUT2D eigenvalue weighted by Gasteiger charge is -2.19. The molecule has 5 heterocycles. The molecule has 0 saturated carbocycles. The molecule has 0 aliphatic carbocycles. The summed E-state index contributed by atoms with van der Waals surface area (Å²) in [7, 11) is 1.76. The van der Waals surface area contributed by atoms with Gasteiger partial charge in [0.2, 0.25) is 11.9 Å². The first-order valence-corrected chi connectivity index (χ1v) is 11.3. The number of pyridine rings is 1. The van der Waals surface area contributed by atoms with Crippen molar-refractivity contribution in [1.29, 1.82) is 0 Å². The molecule has 1 aromatic carbocycles. The van der Waals surface area contributed by atoms with Crippen LogP contribution in [0.15, 0.2) is 41.3 Å². The number of nitrogen functional groups attached to an aromatic ring is 2. The van der Waals surface area contributed by atoms with Crippen molar-refractivity contribution in [3.05, 3.63) is 46.9 Å². The van der Waals surface area contributed by atoms with Gasteiger partial charge in [-0.15, -0.1) is 0 Å². The number of nitrogens with two attached hydrogens (primary N) is 2. The van der Waals surface area contributed by atoms with Crippen LogP contribution < -0.4 is 17.0 Å². The van der Waals surface area contributed by atoms with E-state index in [-0.39, 0.29) is 36.1 Å². The summed E-state index contributed by atoms with van der Waals surface area (Å²) in [6.45, 7) is -0.372. The van der Waals surface area contributed by atoms with Crippen molar-refractivity contribution in [3.8, 4) is 22.5 Å². The van der Waals surface area contributed by atoms with E-state index in [1.54, 1.807) is 22.4 Å². The predicted molar refractivity (Wildman–Crippen MR) is 132 cm³/mol. The molecule has 0 amide bonds. The van der Waals surface area contributed by atoms with Gasteiger partial charge in [0.05, 0.1) is 18.3 Å². The van der Waals surface area contributed by atoms with Gasteiger partial charge in [-0.25, -0.2) is 9.97 Å². The second-order valence-corrected chi connectivity index (χ2v) is 8.66. The van der Waals surface area contributed by atoms with Crippen molar-refractivity contribution < 1.29 is 14.9 Å². The molecule has 1 aliphatic heterocycles. The Morgan fingerprint density at radius 2 is 1.97 bits per heavy atom. The van der Waals surface area contributed by atoms with Crippen molar-refractivity contribution in [2.24, 2.45) is 7.05 Å². The molecule has 1 aliphatic rings. The van der Waals surface area contributed by atoms with Gasteiger partial charge < -0.3 is 31.0 Å². The summed E-state index contributed by atoms with van der Waals surface area (Å²) in [6, 6.07) is 9.57. The molecule has 1 saturated heterocycles. The Balaban J connectivity index is 1.74. The molecule has 0 unspecified atom stereocenters. The average Bonchev–Trinajstić information content (AvgIpc) is 3.52. The zero-order valence-corrected chi connectivity index (χ0v) is 19.2. The quantitative estimate of drug-likeness (QED) is 0.238. The summed E-state index contributed by atoms with van der Waals surface area (Å²) < 4.78 is 9.30. The molecule has 0 bridgehead atoms. The molecule has 36 heavy (non-hydrogen) atoms. The number of aryl methyl sites for hydroxylation is 1. The highest BCUT2D eigenvalue weighted by molar-refractivity contribution is 6.00. The maximum Gasteiger partial charge on any atom is 0.280 e. The number of nitrogens with zero attached hydrogens (tertiary/aromatic N) is 6. The Kier molecular flexibility index (Phi) is 5.00. The number of hydrogen-bond acceptors (Lipinski definition) is 10. The summed E-state index contributed by atoms with van der Waals surface area (Å²) in [5, 5.41) is 20.2. The molecule has 13 heteroatoms. The normalized spacial score (nSPS) is 20.0. The number of rotatable bonds is 4. The van der Waals surface area contributed by atoms with E-state index >= 15 is 0 Å². The number of fused-ring (bicyclic) bond motifs is 2. The van der Waals surface area contributed by atoms with Crippen molar-refractivity contribution in [1.82, 2.24) is 34.1 Å². The fourth-order valence-electron chi connectivity index (χ4n) is 4.74. The first-order chi connectivity index (χ1) is 17.4. The molecule has 0 radical (unpaired) electrons. The lowest BCUT2D eigenvalue weighted by atomic mass is 10.0. The highest BCUT2D eigenvalue weighted by Crippen LogP contribution is 2.41. The molecule has 5 aromatic rings. The van der Waals surface area contributed by atoms with Crippen LogP contribution in [0.5, 0.6) is 0 Å². The van der Waals surface area contributed by atoms with E-state index in [2.05, 4.69) is 19.9 Å². The van der Waals surface area contributed by atoms with Gasteiger partial charge in [0, 0.05) is 25.2 Å². The summed E-state index contributed by atoms with van der Waals surface area (Å²) in [5.74, 6) is 0.490. The molecule has 1 fully saturated rings. The summed E-state index contributed by atoms with van der Waals surface area (Å²) in [4.78, 5) is 33.3. The zero-order chi connectivity index (χ0) is 25.1. The van der Waals surface area contributed by atoms with E-state index in [1.807, 2.05) is 30.3 Å². The number of H-pyrrole nitrogens is 1. The van der Waals surface area contributed by atoms with Crippen LogP contribution in [0.4, 0.5) is 11.9 Å². The van der Waals surface area contributed by atoms with Crippen LogP contribution in [0.3, 0.4) is 0 Å². The van der Waals surface area contributed by atoms with Crippen molar-refractivity contribution >= 4 is 34.2 Å². The molecule has 3 atom stereocenters. The SMILES string of the molecule is Cn1c(N)nc2ncc(-c3ccccc3)c(-c3nc4c(=O)[nH]c(N)nc4n3[C@H]3C[C@H](O)[C@@H](CO)O3)c21. The number of imidazole rings is 2. The third-order valence-electron chi connectivity index (χ3n) is 6.48. The maximum atomic E-state index is 12.9. The minimum absolute atomic E-state index is 0.0452. The third kappa shape index (κ3) is 3.25. The number of aromatic amines is 1. The van der Waals surface area contributed by atoms with E-state index in [9.17, 15) is 15.0 Å². The van der Waals surface area contributed by atoms with Crippen LogP contribution in [-0.2, 0) is 11.8 Å².